The summed E-state index contributed by atoms with van der Waals surface area (Å²) in [5.41, 5.74) is 1.59. The summed E-state index contributed by atoms with van der Waals surface area (Å²) in [7, 11) is 0. The molecule has 1 aromatic rings. The first-order valence-corrected chi connectivity index (χ1v) is 11.0. The molecule has 146 valence electrons. The van der Waals surface area contributed by atoms with Gasteiger partial charge in [0.05, 0.1) is 6.04 Å². The molecule has 4 aliphatic rings. The fraction of sp³-hybridized carbons (Fsp3) is 0.727. The average molecular weight is 369 g/mol. The quantitative estimate of drug-likeness (QED) is 0.767. The third kappa shape index (κ3) is 3.35. The van der Waals surface area contributed by atoms with Crippen LogP contribution in [0.1, 0.15) is 51.4 Å². The second kappa shape index (κ2) is 7.42. The van der Waals surface area contributed by atoms with Gasteiger partial charge in [-0.2, -0.15) is 5.10 Å². The van der Waals surface area contributed by atoms with Gasteiger partial charge in [-0.15, -0.1) is 0 Å². The molecule has 0 spiro atoms. The normalized spacial score (nSPS) is 33.2. The molecule has 0 unspecified atom stereocenters. The highest BCUT2D eigenvalue weighted by Crippen LogP contribution is 2.45. The van der Waals surface area contributed by atoms with Gasteiger partial charge in [0.1, 0.15) is 0 Å². The number of aromatic nitrogens is 2. The van der Waals surface area contributed by atoms with Crippen LogP contribution in [0.25, 0.3) is 0 Å². The molecule has 0 radical (unpaired) electrons. The molecule has 1 amide bonds. The van der Waals surface area contributed by atoms with Crippen molar-refractivity contribution < 1.29 is 4.79 Å². The van der Waals surface area contributed by atoms with Crippen LogP contribution >= 0.6 is 0 Å². The molecule has 3 aliphatic heterocycles. The van der Waals surface area contributed by atoms with E-state index in [1.165, 1.54) is 45.2 Å². The van der Waals surface area contributed by atoms with E-state index in [1.54, 1.807) is 11.8 Å². The predicted octanol–water partition coefficient (Wildman–Crippen LogP) is 3.08. The number of nitrogens with zero attached hydrogens (tertiary/aromatic N) is 4. The molecule has 3 fully saturated rings. The summed E-state index contributed by atoms with van der Waals surface area (Å²) in [6, 6.07) is 3.11. The fourth-order valence-electron chi connectivity index (χ4n) is 6.22. The first kappa shape index (κ1) is 17.5. The standard InChI is InChI=1S/C22H32N4O/c27-21(8-4-11-25-12-5-9-23-25)26-13-3-6-17-14-18-15-19(22(17)26)16-24-10-2-1-7-20(18)24/h5,9,12,14,18-20,22H,1-4,6-8,10-11,13,15-16H2/t18-,19-,20-,22+/m0/s1. The minimum absolute atomic E-state index is 0.358. The first-order chi connectivity index (χ1) is 13.3. The Hall–Kier alpha value is -1.62. The number of hydrogen-bond donors (Lipinski definition) is 0. The Morgan fingerprint density at radius 2 is 2.19 bits per heavy atom. The van der Waals surface area contributed by atoms with E-state index in [0.717, 1.165) is 37.9 Å². The van der Waals surface area contributed by atoms with Gasteiger partial charge in [0, 0.05) is 44.5 Å². The van der Waals surface area contributed by atoms with Crippen LogP contribution in [0.2, 0.25) is 0 Å². The summed E-state index contributed by atoms with van der Waals surface area (Å²) in [6.07, 6.45) is 15.7. The van der Waals surface area contributed by atoms with Crippen molar-refractivity contribution in [3.8, 4) is 0 Å². The molecule has 5 heteroatoms. The Morgan fingerprint density at radius 1 is 1.22 bits per heavy atom. The predicted molar refractivity (Wildman–Crippen MR) is 105 cm³/mol. The number of carbonyl (C=O) groups is 1. The van der Waals surface area contributed by atoms with E-state index in [0.29, 0.717) is 24.3 Å². The molecule has 4 heterocycles. The molecule has 2 bridgehead atoms. The van der Waals surface area contributed by atoms with Crippen molar-refractivity contribution in [3.63, 3.8) is 0 Å². The highest BCUT2D eigenvalue weighted by Gasteiger charge is 2.46. The van der Waals surface area contributed by atoms with Gasteiger partial charge in [0.25, 0.3) is 0 Å². The van der Waals surface area contributed by atoms with Gasteiger partial charge in [-0.25, -0.2) is 0 Å². The maximum Gasteiger partial charge on any atom is 0.223 e. The fourth-order valence-corrected chi connectivity index (χ4v) is 6.22. The van der Waals surface area contributed by atoms with Crippen LogP contribution in [0.15, 0.2) is 30.1 Å². The maximum atomic E-state index is 13.1. The lowest BCUT2D eigenvalue weighted by atomic mass is 9.68. The van der Waals surface area contributed by atoms with E-state index >= 15 is 0 Å². The summed E-state index contributed by atoms with van der Waals surface area (Å²) >= 11 is 0. The van der Waals surface area contributed by atoms with Crippen LogP contribution in [0, 0.1) is 11.8 Å². The molecule has 0 aromatic carbocycles. The van der Waals surface area contributed by atoms with Crippen molar-refractivity contribution >= 4 is 5.91 Å². The van der Waals surface area contributed by atoms with Crippen molar-refractivity contribution in [2.75, 3.05) is 19.6 Å². The van der Waals surface area contributed by atoms with Crippen molar-refractivity contribution in [1.82, 2.24) is 19.6 Å². The monoisotopic (exact) mass is 368 g/mol. The molecular weight excluding hydrogens is 336 g/mol. The Kier molecular flexibility index (Phi) is 4.80. The van der Waals surface area contributed by atoms with Gasteiger partial charge in [-0.3, -0.25) is 14.4 Å². The third-order valence-electron chi connectivity index (χ3n) is 7.31. The Labute approximate surface area is 162 Å². The zero-order valence-electron chi connectivity index (χ0n) is 16.3. The third-order valence-corrected chi connectivity index (χ3v) is 7.31. The average Bonchev–Trinajstić information content (AvgIpc) is 3.21. The lowest BCUT2D eigenvalue weighted by Crippen LogP contribution is -2.60. The number of aryl methyl sites for hydroxylation is 1. The zero-order valence-corrected chi connectivity index (χ0v) is 16.3. The molecule has 4 atom stereocenters. The Bertz CT molecular complexity index is 697. The summed E-state index contributed by atoms with van der Waals surface area (Å²) in [4.78, 5) is 18.1. The first-order valence-electron chi connectivity index (χ1n) is 11.0. The van der Waals surface area contributed by atoms with Gasteiger partial charge < -0.3 is 4.90 Å². The minimum Gasteiger partial charge on any atom is -0.336 e. The second-order valence-corrected chi connectivity index (χ2v) is 8.97. The molecule has 0 N–H and O–H groups in total. The van der Waals surface area contributed by atoms with Gasteiger partial charge >= 0.3 is 0 Å². The molecular formula is C22H32N4O. The molecule has 27 heavy (non-hydrogen) atoms. The lowest BCUT2D eigenvalue weighted by molar-refractivity contribution is -0.136. The Balaban J connectivity index is 1.28. The number of likely N-dealkylation sites (tertiary alicyclic amines) is 1. The maximum absolute atomic E-state index is 13.1. The topological polar surface area (TPSA) is 41.4 Å². The summed E-state index contributed by atoms with van der Waals surface area (Å²) in [5.74, 6) is 1.75. The molecule has 1 aliphatic carbocycles. The van der Waals surface area contributed by atoms with Crippen molar-refractivity contribution in [1.29, 1.82) is 0 Å². The summed E-state index contributed by atoms with van der Waals surface area (Å²) in [5, 5.41) is 4.25. The number of rotatable bonds is 4. The van der Waals surface area contributed by atoms with E-state index in [1.807, 2.05) is 16.9 Å². The van der Waals surface area contributed by atoms with Crippen LogP contribution in [-0.2, 0) is 11.3 Å². The van der Waals surface area contributed by atoms with Crippen LogP contribution in [0.3, 0.4) is 0 Å². The van der Waals surface area contributed by atoms with Gasteiger partial charge in [-0.1, -0.05) is 18.1 Å². The van der Waals surface area contributed by atoms with Gasteiger partial charge in [0.15, 0.2) is 0 Å². The van der Waals surface area contributed by atoms with Gasteiger partial charge in [0.2, 0.25) is 5.91 Å². The number of fused-ring (bicyclic) bond motifs is 6. The zero-order chi connectivity index (χ0) is 18.2. The van der Waals surface area contributed by atoms with E-state index in [4.69, 9.17) is 0 Å². The number of hydrogen-bond acceptors (Lipinski definition) is 3. The smallest absolute Gasteiger partial charge is 0.223 e. The number of piperidine rings is 3. The van der Waals surface area contributed by atoms with Gasteiger partial charge in [-0.05, 0) is 63.0 Å². The van der Waals surface area contributed by atoms with Crippen molar-refractivity contribution in [2.24, 2.45) is 11.8 Å². The van der Waals surface area contributed by atoms with Crippen molar-refractivity contribution in [2.45, 2.75) is 70.0 Å². The van der Waals surface area contributed by atoms with E-state index in [9.17, 15) is 4.79 Å². The minimum atomic E-state index is 0.358. The lowest BCUT2D eigenvalue weighted by Gasteiger charge is -2.54. The second-order valence-electron chi connectivity index (χ2n) is 8.97. The largest absolute Gasteiger partial charge is 0.336 e. The van der Waals surface area contributed by atoms with Crippen LogP contribution < -0.4 is 0 Å². The van der Waals surface area contributed by atoms with E-state index in [2.05, 4.69) is 21.0 Å². The Morgan fingerprint density at radius 3 is 3.07 bits per heavy atom. The summed E-state index contributed by atoms with van der Waals surface area (Å²) in [6.45, 7) is 4.26. The number of amides is 1. The highest BCUT2D eigenvalue weighted by atomic mass is 16.2. The molecule has 5 nitrogen and oxygen atoms in total. The molecule has 5 rings (SSSR count). The van der Waals surface area contributed by atoms with E-state index < -0.39 is 0 Å². The van der Waals surface area contributed by atoms with Crippen LogP contribution in [-0.4, -0.2) is 57.2 Å². The van der Waals surface area contributed by atoms with E-state index in [-0.39, 0.29) is 0 Å². The number of carbonyl (C=O) groups excluding carboxylic acids is 1. The molecule has 0 saturated carbocycles. The molecule has 1 aromatic heterocycles. The highest BCUT2D eigenvalue weighted by molar-refractivity contribution is 5.77. The van der Waals surface area contributed by atoms with Crippen LogP contribution in [0.5, 0.6) is 0 Å². The van der Waals surface area contributed by atoms with Crippen molar-refractivity contribution in [3.05, 3.63) is 30.1 Å². The summed E-state index contributed by atoms with van der Waals surface area (Å²) < 4.78 is 1.93. The van der Waals surface area contributed by atoms with Crippen LogP contribution in [0.4, 0.5) is 0 Å². The SMILES string of the molecule is O=C(CCCn1cccn1)N1CCCC2=C[C@H]3C[C@@H](CN4CCCC[C@@H]34)[C@@H]21. The molecule has 3 saturated heterocycles.